The lowest BCUT2D eigenvalue weighted by atomic mass is 10.1. The molecule has 2 aromatic carbocycles. The molecule has 0 fully saturated rings. The van der Waals surface area contributed by atoms with Crippen LogP contribution in [0.2, 0.25) is 5.02 Å². The van der Waals surface area contributed by atoms with Crippen molar-refractivity contribution in [1.29, 1.82) is 0 Å². The lowest BCUT2D eigenvalue weighted by Gasteiger charge is -2.06. The van der Waals surface area contributed by atoms with Gasteiger partial charge in [0.25, 0.3) is 0 Å². The van der Waals surface area contributed by atoms with Crippen LogP contribution in [0.5, 0.6) is 0 Å². The minimum atomic E-state index is 0.141. The second kappa shape index (κ2) is 6.99. The maximum Gasteiger partial charge on any atom is 0.136 e. The summed E-state index contributed by atoms with van der Waals surface area (Å²) >= 11 is 5.95. The molecule has 118 valence electrons. The van der Waals surface area contributed by atoms with Crippen molar-refractivity contribution in [3.63, 3.8) is 0 Å². The highest BCUT2D eigenvalue weighted by Crippen LogP contribution is 2.24. The molecule has 3 rings (SSSR count). The highest BCUT2D eigenvalue weighted by molar-refractivity contribution is 6.30. The summed E-state index contributed by atoms with van der Waals surface area (Å²) in [6.07, 6.45) is 0.648. The largest absolute Gasteiger partial charge is 0.456 e. The van der Waals surface area contributed by atoms with E-state index < -0.39 is 0 Å². The van der Waals surface area contributed by atoms with Crippen LogP contribution in [0.3, 0.4) is 0 Å². The van der Waals surface area contributed by atoms with E-state index in [1.54, 1.807) is 0 Å². The van der Waals surface area contributed by atoms with E-state index in [9.17, 15) is 0 Å². The van der Waals surface area contributed by atoms with Gasteiger partial charge in [0.1, 0.15) is 11.3 Å². The number of aryl methyl sites for hydroxylation is 1. The molecule has 0 unspecified atom stereocenters. The number of nitrogens with zero attached hydrogens (tertiary/aromatic N) is 1. The molecule has 1 N–H and O–H groups in total. The number of halogens is 1. The number of fused-ring (bicyclic) bond motifs is 1. The van der Waals surface area contributed by atoms with Gasteiger partial charge in [0.05, 0.1) is 5.36 Å². The first kappa shape index (κ1) is 15.8. The summed E-state index contributed by atoms with van der Waals surface area (Å²) in [5.41, 5.74) is 2.91. The fraction of sp³-hybridized carbons (Fsp3) is 0.211. The predicted octanol–water partition coefficient (Wildman–Crippen LogP) is 4.34. The van der Waals surface area contributed by atoms with E-state index in [-0.39, 0.29) is 6.61 Å². The van der Waals surface area contributed by atoms with Crippen LogP contribution in [-0.4, -0.2) is 18.3 Å². The van der Waals surface area contributed by atoms with Crippen molar-refractivity contribution >= 4 is 22.6 Å². The zero-order valence-corrected chi connectivity index (χ0v) is 13.7. The number of aliphatic hydroxyl groups excluding tert-OH is 1. The van der Waals surface area contributed by atoms with Gasteiger partial charge in [0.15, 0.2) is 0 Å². The quantitative estimate of drug-likeness (QED) is 0.724. The molecule has 3 aromatic rings. The van der Waals surface area contributed by atoms with E-state index in [1.807, 2.05) is 49.4 Å². The minimum absolute atomic E-state index is 0.141. The second-order valence-electron chi connectivity index (χ2n) is 5.46. The lowest BCUT2D eigenvalue weighted by Crippen LogP contribution is -2.06. The Morgan fingerprint density at radius 1 is 1.09 bits per heavy atom. The van der Waals surface area contributed by atoms with Crippen molar-refractivity contribution in [2.75, 3.05) is 13.2 Å². The average molecular weight is 328 g/mol. The van der Waals surface area contributed by atoms with E-state index >= 15 is 0 Å². The van der Waals surface area contributed by atoms with E-state index in [2.05, 4.69) is 11.1 Å². The topological polar surface area (TPSA) is 45.7 Å². The van der Waals surface area contributed by atoms with Crippen molar-refractivity contribution in [2.45, 2.75) is 13.3 Å². The number of hydrogen-bond donors (Lipinski definition) is 1. The summed E-state index contributed by atoms with van der Waals surface area (Å²) in [7, 11) is 0. The minimum Gasteiger partial charge on any atom is -0.456 e. The summed E-state index contributed by atoms with van der Waals surface area (Å²) in [5, 5.41) is 11.5. The summed E-state index contributed by atoms with van der Waals surface area (Å²) in [6, 6.07) is 15.6. The van der Waals surface area contributed by atoms with Crippen molar-refractivity contribution < 1.29 is 9.52 Å². The molecule has 0 saturated carbocycles. The molecule has 0 aliphatic carbocycles. The molecule has 0 radical (unpaired) electrons. The monoisotopic (exact) mass is 327 g/mol. The first-order valence-corrected chi connectivity index (χ1v) is 7.97. The Labute approximate surface area is 139 Å². The van der Waals surface area contributed by atoms with Crippen molar-refractivity contribution in [3.8, 4) is 11.3 Å². The Hall–Kier alpha value is -2.10. The predicted molar refractivity (Wildman–Crippen MR) is 93.5 cm³/mol. The van der Waals surface area contributed by atoms with Gasteiger partial charge in [-0.25, -0.2) is 0 Å². The molecule has 0 spiro atoms. The molecular formula is C19H18ClNO2. The smallest absolute Gasteiger partial charge is 0.136 e. The Morgan fingerprint density at radius 2 is 1.87 bits per heavy atom. The lowest BCUT2D eigenvalue weighted by molar-refractivity contribution is 0.291. The third-order valence-electron chi connectivity index (χ3n) is 3.63. The first-order chi connectivity index (χ1) is 11.2. The van der Waals surface area contributed by atoms with Crippen LogP contribution < -0.4 is 5.36 Å². The second-order valence-corrected chi connectivity index (χ2v) is 5.90. The van der Waals surface area contributed by atoms with E-state index in [0.29, 0.717) is 18.0 Å². The first-order valence-electron chi connectivity index (χ1n) is 7.59. The molecular weight excluding hydrogens is 310 g/mol. The number of benzene rings is 2. The Balaban J connectivity index is 2.18. The van der Waals surface area contributed by atoms with Crippen LogP contribution >= 0.6 is 11.6 Å². The molecule has 1 heterocycles. The SMILES string of the molecule is Cc1ccc2oc(-c3ccc(Cl)cc3)cc(=NCCCO)c2c1. The van der Waals surface area contributed by atoms with Crippen LogP contribution in [0.15, 0.2) is 57.9 Å². The maximum absolute atomic E-state index is 8.97. The van der Waals surface area contributed by atoms with Crippen LogP contribution in [0.4, 0.5) is 0 Å². The molecule has 3 nitrogen and oxygen atoms in total. The maximum atomic E-state index is 8.97. The zero-order chi connectivity index (χ0) is 16.2. The fourth-order valence-corrected chi connectivity index (χ4v) is 2.57. The molecule has 0 atom stereocenters. The molecule has 1 aromatic heterocycles. The Kier molecular flexibility index (Phi) is 4.79. The van der Waals surface area contributed by atoms with Gasteiger partial charge in [-0.3, -0.25) is 4.99 Å². The number of rotatable bonds is 4. The van der Waals surface area contributed by atoms with Gasteiger partial charge in [-0.1, -0.05) is 23.2 Å². The van der Waals surface area contributed by atoms with Gasteiger partial charge in [-0.15, -0.1) is 0 Å². The highest BCUT2D eigenvalue weighted by atomic mass is 35.5. The third-order valence-corrected chi connectivity index (χ3v) is 3.88. The van der Waals surface area contributed by atoms with Crippen molar-refractivity contribution in [3.05, 3.63) is 64.5 Å². The van der Waals surface area contributed by atoms with Crippen LogP contribution in [0, 0.1) is 6.92 Å². The van der Waals surface area contributed by atoms with Gasteiger partial charge in [0.2, 0.25) is 0 Å². The summed E-state index contributed by atoms with van der Waals surface area (Å²) < 4.78 is 6.04. The van der Waals surface area contributed by atoms with Gasteiger partial charge >= 0.3 is 0 Å². The standard InChI is InChI=1S/C19H18ClNO2/c1-13-3-8-18-16(11-13)17(21-9-2-10-22)12-19(23-18)14-4-6-15(20)7-5-14/h3-8,11-12,22H,2,9-10H2,1H3. The van der Waals surface area contributed by atoms with Crippen molar-refractivity contribution in [1.82, 2.24) is 0 Å². The molecule has 0 aliphatic heterocycles. The highest BCUT2D eigenvalue weighted by Gasteiger charge is 2.06. The molecule has 0 aliphatic rings. The Morgan fingerprint density at radius 3 is 2.61 bits per heavy atom. The molecule has 0 saturated heterocycles. The molecule has 23 heavy (non-hydrogen) atoms. The average Bonchev–Trinajstić information content (AvgIpc) is 2.56. The van der Waals surface area contributed by atoms with Crippen LogP contribution in [-0.2, 0) is 0 Å². The van der Waals surface area contributed by atoms with Gasteiger partial charge in [0, 0.05) is 35.2 Å². The van der Waals surface area contributed by atoms with Crippen LogP contribution in [0.1, 0.15) is 12.0 Å². The Bertz CT molecular complexity index is 882. The van der Waals surface area contributed by atoms with Crippen LogP contribution in [0.25, 0.3) is 22.3 Å². The number of hydrogen-bond acceptors (Lipinski definition) is 3. The third kappa shape index (κ3) is 3.63. The molecule has 0 amide bonds. The van der Waals surface area contributed by atoms with Gasteiger partial charge in [-0.2, -0.15) is 0 Å². The molecule has 0 bridgehead atoms. The van der Waals surface area contributed by atoms with Gasteiger partial charge in [-0.05, 0) is 49.7 Å². The summed E-state index contributed by atoms with van der Waals surface area (Å²) in [4.78, 5) is 4.62. The van der Waals surface area contributed by atoms with E-state index in [1.165, 1.54) is 0 Å². The normalized spacial score (nSPS) is 12.0. The summed E-state index contributed by atoms with van der Waals surface area (Å²) in [5.74, 6) is 0.751. The molecule has 4 heteroatoms. The van der Waals surface area contributed by atoms with E-state index in [0.717, 1.165) is 33.2 Å². The summed E-state index contributed by atoms with van der Waals surface area (Å²) in [6.45, 7) is 2.77. The van der Waals surface area contributed by atoms with Crippen molar-refractivity contribution in [2.24, 2.45) is 4.99 Å². The zero-order valence-electron chi connectivity index (χ0n) is 12.9. The van der Waals surface area contributed by atoms with Gasteiger partial charge < -0.3 is 9.52 Å². The van der Waals surface area contributed by atoms with E-state index in [4.69, 9.17) is 21.1 Å². The number of aliphatic hydroxyl groups is 1. The fourth-order valence-electron chi connectivity index (χ4n) is 2.44.